The van der Waals surface area contributed by atoms with Crippen LogP contribution in [0.2, 0.25) is 0 Å². The Balaban J connectivity index is 2.54. The second-order valence-corrected chi connectivity index (χ2v) is 5.75. The molecule has 2 aromatic carbocycles. The van der Waals surface area contributed by atoms with Crippen LogP contribution in [0.5, 0.6) is 5.75 Å². The molecule has 0 heterocycles. The molecule has 1 amide bonds. The number of hydrogen-bond acceptors (Lipinski definition) is 5. The smallest absolute Gasteiger partial charge is 0.405 e. The van der Waals surface area contributed by atoms with E-state index in [0.717, 1.165) is 0 Å². The summed E-state index contributed by atoms with van der Waals surface area (Å²) in [5.74, 6) is 0.459. The molecule has 0 aliphatic carbocycles. The van der Waals surface area contributed by atoms with Gasteiger partial charge in [-0.3, -0.25) is 10.1 Å². The van der Waals surface area contributed by atoms with Gasteiger partial charge < -0.3 is 15.2 Å². The molecule has 0 spiro atoms. The van der Waals surface area contributed by atoms with E-state index in [0.29, 0.717) is 21.3 Å². The molecule has 24 heavy (non-hydrogen) atoms. The van der Waals surface area contributed by atoms with Crippen molar-refractivity contribution < 1.29 is 19.2 Å². The monoisotopic (exact) mass is 394 g/mol. The third-order valence-electron chi connectivity index (χ3n) is 3.40. The topological polar surface area (TPSA) is 105 Å². The third kappa shape index (κ3) is 4.02. The Hall–Kier alpha value is -2.61. The summed E-state index contributed by atoms with van der Waals surface area (Å²) in [6.45, 7) is 0. The molecule has 2 atom stereocenters. The van der Waals surface area contributed by atoms with Crippen molar-refractivity contribution in [3.63, 3.8) is 0 Å². The van der Waals surface area contributed by atoms with Gasteiger partial charge in [0.05, 0.1) is 11.6 Å². The molecule has 126 valence electrons. The molecular formula is C16H15BrN2O5. The second-order valence-electron chi connectivity index (χ2n) is 4.89. The maximum atomic E-state index is 11.7. The van der Waals surface area contributed by atoms with Gasteiger partial charge in [-0.25, -0.2) is 4.79 Å². The molecule has 0 radical (unpaired) electrons. The second kappa shape index (κ2) is 7.78. The van der Waals surface area contributed by atoms with Gasteiger partial charge in [0.15, 0.2) is 0 Å². The van der Waals surface area contributed by atoms with E-state index in [2.05, 4.69) is 15.9 Å². The van der Waals surface area contributed by atoms with E-state index < -0.39 is 23.2 Å². The maximum Gasteiger partial charge on any atom is 0.405 e. The standard InChI is InChI=1S/C16H15BrN2O5/c1-23-13-9-11(7-8-12(13)17)15(24-16(18)20)14(19(21)22)10-5-3-2-4-6-10/h2-9,14-15H,1H3,(H2,18,20). The Morgan fingerprint density at radius 1 is 1.21 bits per heavy atom. The molecule has 0 fully saturated rings. The lowest BCUT2D eigenvalue weighted by molar-refractivity contribution is -0.542. The van der Waals surface area contributed by atoms with Crippen LogP contribution >= 0.6 is 15.9 Å². The quantitative estimate of drug-likeness (QED) is 0.594. The van der Waals surface area contributed by atoms with E-state index in [9.17, 15) is 14.9 Å². The van der Waals surface area contributed by atoms with E-state index in [4.69, 9.17) is 15.2 Å². The Morgan fingerprint density at radius 3 is 2.42 bits per heavy atom. The lowest BCUT2D eigenvalue weighted by atomic mass is 9.96. The number of nitrogens with two attached hydrogens (primary N) is 1. The third-order valence-corrected chi connectivity index (χ3v) is 4.06. The molecule has 0 saturated carbocycles. The van der Waals surface area contributed by atoms with Crippen LogP contribution in [0.4, 0.5) is 4.79 Å². The fourth-order valence-electron chi connectivity index (χ4n) is 2.35. The molecule has 2 aromatic rings. The Morgan fingerprint density at radius 2 is 1.88 bits per heavy atom. The zero-order valence-corrected chi connectivity index (χ0v) is 14.3. The summed E-state index contributed by atoms with van der Waals surface area (Å²) in [6.07, 6.45) is -2.29. The minimum Gasteiger partial charge on any atom is -0.496 e. The number of carbonyl (C=O) groups excluding carboxylic acids is 1. The van der Waals surface area contributed by atoms with Crippen LogP contribution in [0, 0.1) is 10.1 Å². The summed E-state index contributed by atoms with van der Waals surface area (Å²) in [7, 11) is 1.47. The van der Waals surface area contributed by atoms with Crippen molar-refractivity contribution in [2.45, 2.75) is 12.1 Å². The van der Waals surface area contributed by atoms with Crippen LogP contribution < -0.4 is 10.5 Å². The van der Waals surface area contributed by atoms with Crippen LogP contribution in [0.15, 0.2) is 53.0 Å². The average molecular weight is 395 g/mol. The number of rotatable bonds is 6. The van der Waals surface area contributed by atoms with Gasteiger partial charge in [0.25, 0.3) is 6.04 Å². The van der Waals surface area contributed by atoms with Crippen molar-refractivity contribution in [3.8, 4) is 5.75 Å². The Labute approximate surface area is 146 Å². The van der Waals surface area contributed by atoms with E-state index in [1.165, 1.54) is 7.11 Å². The zero-order chi connectivity index (χ0) is 17.7. The number of hydrogen-bond donors (Lipinski definition) is 1. The first-order valence-corrected chi connectivity index (χ1v) is 7.71. The highest BCUT2D eigenvalue weighted by molar-refractivity contribution is 9.10. The number of ether oxygens (including phenoxy) is 2. The SMILES string of the molecule is COc1cc(C(OC(N)=O)C(c2ccccc2)[N+](=O)[O-])ccc1Br. The molecule has 0 aromatic heterocycles. The first kappa shape index (κ1) is 17.7. The van der Waals surface area contributed by atoms with Crippen LogP contribution in [-0.2, 0) is 4.74 Å². The molecule has 0 aliphatic rings. The number of benzene rings is 2. The van der Waals surface area contributed by atoms with E-state index in [1.807, 2.05) is 0 Å². The summed E-state index contributed by atoms with van der Waals surface area (Å²) < 4.78 is 10.9. The normalized spacial score (nSPS) is 12.9. The van der Waals surface area contributed by atoms with Gasteiger partial charge in [-0.05, 0) is 28.1 Å². The summed E-state index contributed by atoms with van der Waals surface area (Å²) in [4.78, 5) is 22.4. The van der Waals surface area contributed by atoms with Gasteiger partial charge in [0, 0.05) is 16.1 Å². The van der Waals surface area contributed by atoms with Crippen LogP contribution in [0.3, 0.4) is 0 Å². The molecule has 0 aliphatic heterocycles. The summed E-state index contributed by atoms with van der Waals surface area (Å²) in [5, 5.41) is 11.7. The maximum absolute atomic E-state index is 11.7. The summed E-state index contributed by atoms with van der Waals surface area (Å²) in [6, 6.07) is 11.8. The number of methoxy groups -OCH3 is 1. The molecular weight excluding hydrogens is 380 g/mol. The summed E-state index contributed by atoms with van der Waals surface area (Å²) in [5.41, 5.74) is 5.92. The van der Waals surface area contributed by atoms with Crippen molar-refractivity contribution in [1.82, 2.24) is 0 Å². The fourth-order valence-corrected chi connectivity index (χ4v) is 2.76. The van der Waals surface area contributed by atoms with Crippen LogP contribution in [-0.4, -0.2) is 18.1 Å². The lowest BCUT2D eigenvalue weighted by Gasteiger charge is -2.21. The predicted octanol–water partition coefficient (Wildman–Crippen LogP) is 3.61. The van der Waals surface area contributed by atoms with E-state index in [1.54, 1.807) is 48.5 Å². The number of nitrogens with zero attached hydrogens (tertiary/aromatic N) is 1. The van der Waals surface area contributed by atoms with Crippen molar-refractivity contribution >= 4 is 22.0 Å². The van der Waals surface area contributed by atoms with Crippen LogP contribution in [0.1, 0.15) is 23.3 Å². The van der Waals surface area contributed by atoms with Crippen molar-refractivity contribution in [2.24, 2.45) is 5.73 Å². The lowest BCUT2D eigenvalue weighted by Crippen LogP contribution is -2.26. The van der Waals surface area contributed by atoms with E-state index >= 15 is 0 Å². The van der Waals surface area contributed by atoms with Gasteiger partial charge in [0.1, 0.15) is 5.75 Å². The molecule has 2 unspecified atom stereocenters. The Kier molecular flexibility index (Phi) is 5.75. The molecule has 2 N–H and O–H groups in total. The highest BCUT2D eigenvalue weighted by Gasteiger charge is 2.37. The van der Waals surface area contributed by atoms with Gasteiger partial charge >= 0.3 is 6.09 Å². The minimum atomic E-state index is -1.30. The number of primary amides is 1. The molecule has 7 nitrogen and oxygen atoms in total. The molecule has 8 heteroatoms. The molecule has 0 saturated heterocycles. The number of nitro groups is 1. The first-order valence-electron chi connectivity index (χ1n) is 6.92. The first-order chi connectivity index (χ1) is 11.4. The fraction of sp³-hybridized carbons (Fsp3) is 0.188. The number of amides is 1. The van der Waals surface area contributed by atoms with Gasteiger partial charge in [-0.1, -0.05) is 36.4 Å². The zero-order valence-electron chi connectivity index (χ0n) is 12.7. The highest BCUT2D eigenvalue weighted by atomic mass is 79.9. The van der Waals surface area contributed by atoms with Gasteiger partial charge in [0.2, 0.25) is 6.10 Å². The highest BCUT2D eigenvalue weighted by Crippen LogP contribution is 2.37. The molecule has 0 bridgehead atoms. The average Bonchev–Trinajstić information content (AvgIpc) is 2.55. The van der Waals surface area contributed by atoms with Gasteiger partial charge in [-0.2, -0.15) is 0 Å². The van der Waals surface area contributed by atoms with Gasteiger partial charge in [-0.15, -0.1) is 0 Å². The Bertz CT molecular complexity index is 739. The van der Waals surface area contributed by atoms with E-state index in [-0.39, 0.29) is 0 Å². The molecule has 2 rings (SSSR count). The number of carbonyl (C=O) groups is 1. The minimum absolute atomic E-state index is 0.399. The number of halogens is 1. The van der Waals surface area contributed by atoms with Crippen LogP contribution in [0.25, 0.3) is 0 Å². The largest absolute Gasteiger partial charge is 0.496 e. The van der Waals surface area contributed by atoms with Crippen molar-refractivity contribution in [1.29, 1.82) is 0 Å². The summed E-state index contributed by atoms with van der Waals surface area (Å²) >= 11 is 3.31. The predicted molar refractivity (Wildman–Crippen MR) is 90.3 cm³/mol. The van der Waals surface area contributed by atoms with Crippen molar-refractivity contribution in [3.05, 3.63) is 74.2 Å². The van der Waals surface area contributed by atoms with Crippen molar-refractivity contribution in [2.75, 3.05) is 7.11 Å².